The van der Waals surface area contributed by atoms with Crippen molar-refractivity contribution in [2.75, 3.05) is 41.2 Å². The van der Waals surface area contributed by atoms with Gasteiger partial charge in [-0.2, -0.15) is 0 Å². The lowest BCUT2D eigenvalue weighted by atomic mass is 9.85. The molecule has 3 heterocycles. The molecule has 9 atom stereocenters. The van der Waals surface area contributed by atoms with Crippen LogP contribution in [0.4, 0.5) is 0 Å². The van der Waals surface area contributed by atoms with Crippen LogP contribution in [0.25, 0.3) is 0 Å². The molecule has 0 amide bonds. The van der Waals surface area contributed by atoms with Crippen molar-refractivity contribution in [2.24, 2.45) is 11.8 Å². The van der Waals surface area contributed by atoms with E-state index in [1.165, 1.54) is 7.11 Å². The van der Waals surface area contributed by atoms with Gasteiger partial charge in [0.25, 0.3) is 0 Å². The average molecular weight is 535 g/mol. The zero-order chi connectivity index (χ0) is 27.0. The Morgan fingerprint density at radius 1 is 0.711 bits per heavy atom. The van der Waals surface area contributed by atoms with Crippen LogP contribution >= 0.6 is 0 Å². The molecule has 5 rings (SSSR count). The van der Waals surface area contributed by atoms with Crippen molar-refractivity contribution < 1.29 is 53.6 Å². The molecular formula is C27H34O11. The third kappa shape index (κ3) is 4.79. The highest BCUT2D eigenvalue weighted by Gasteiger charge is 2.49. The quantitative estimate of drug-likeness (QED) is 0.384. The summed E-state index contributed by atoms with van der Waals surface area (Å²) in [5, 5.41) is 39.8. The molecule has 0 spiro atoms. The summed E-state index contributed by atoms with van der Waals surface area (Å²) >= 11 is 0. The van der Waals surface area contributed by atoms with Crippen molar-refractivity contribution in [3.63, 3.8) is 0 Å². The molecule has 4 N–H and O–H groups in total. The Hall–Kier alpha value is -2.64. The summed E-state index contributed by atoms with van der Waals surface area (Å²) in [4.78, 5) is 0. The van der Waals surface area contributed by atoms with E-state index in [0.717, 1.165) is 11.1 Å². The Labute approximate surface area is 220 Å². The van der Waals surface area contributed by atoms with Crippen LogP contribution in [0.5, 0.6) is 23.0 Å². The van der Waals surface area contributed by atoms with Crippen LogP contribution in [0.3, 0.4) is 0 Å². The number of fused-ring (bicyclic) bond motifs is 1. The third-order valence-corrected chi connectivity index (χ3v) is 7.61. The van der Waals surface area contributed by atoms with Gasteiger partial charge in [-0.3, -0.25) is 0 Å². The molecular weight excluding hydrogens is 500 g/mol. The molecule has 3 aliphatic rings. The van der Waals surface area contributed by atoms with Crippen molar-refractivity contribution in [2.45, 2.75) is 42.9 Å². The molecule has 3 aliphatic heterocycles. The first-order valence-electron chi connectivity index (χ1n) is 12.5. The summed E-state index contributed by atoms with van der Waals surface area (Å²) in [5.74, 6) is 2.21. The van der Waals surface area contributed by atoms with E-state index in [1.807, 2.05) is 24.3 Å². The minimum Gasteiger partial charge on any atom is -0.493 e. The van der Waals surface area contributed by atoms with Gasteiger partial charge in [-0.1, -0.05) is 12.1 Å². The number of hydrogen-bond acceptors (Lipinski definition) is 11. The van der Waals surface area contributed by atoms with Crippen LogP contribution in [0.1, 0.15) is 23.3 Å². The van der Waals surface area contributed by atoms with E-state index < -0.39 is 37.3 Å². The summed E-state index contributed by atoms with van der Waals surface area (Å²) in [6.45, 7) is 0.508. The van der Waals surface area contributed by atoms with E-state index >= 15 is 0 Å². The van der Waals surface area contributed by atoms with Crippen LogP contribution in [0.2, 0.25) is 0 Å². The van der Waals surface area contributed by atoms with Crippen LogP contribution in [-0.4, -0.2) is 92.3 Å². The Kier molecular flexibility index (Phi) is 7.96. The van der Waals surface area contributed by atoms with Crippen molar-refractivity contribution >= 4 is 0 Å². The second-order valence-corrected chi connectivity index (χ2v) is 9.68. The predicted molar refractivity (Wildman–Crippen MR) is 131 cm³/mol. The lowest BCUT2D eigenvalue weighted by Crippen LogP contribution is -2.60. The fourth-order valence-corrected chi connectivity index (χ4v) is 5.51. The zero-order valence-corrected chi connectivity index (χ0v) is 21.4. The second-order valence-electron chi connectivity index (χ2n) is 9.68. The van der Waals surface area contributed by atoms with Gasteiger partial charge in [0.1, 0.15) is 24.4 Å². The maximum atomic E-state index is 10.3. The maximum absolute atomic E-state index is 10.3. The number of methoxy groups -OCH3 is 3. The molecule has 0 aliphatic carbocycles. The first-order chi connectivity index (χ1) is 18.4. The Morgan fingerprint density at radius 3 is 1.76 bits per heavy atom. The lowest BCUT2D eigenvalue weighted by molar-refractivity contribution is -0.277. The van der Waals surface area contributed by atoms with E-state index in [1.54, 1.807) is 26.4 Å². The smallest absolute Gasteiger partial charge is 0.229 e. The molecule has 2 aromatic carbocycles. The summed E-state index contributed by atoms with van der Waals surface area (Å²) < 4.78 is 40.1. The van der Waals surface area contributed by atoms with Crippen molar-refractivity contribution in [3.8, 4) is 23.0 Å². The van der Waals surface area contributed by atoms with E-state index in [-0.39, 0.29) is 29.8 Å². The molecule has 0 saturated carbocycles. The van der Waals surface area contributed by atoms with Gasteiger partial charge in [0.2, 0.25) is 6.29 Å². The van der Waals surface area contributed by atoms with Crippen molar-refractivity contribution in [1.82, 2.24) is 0 Å². The highest BCUT2D eigenvalue weighted by Crippen LogP contribution is 2.51. The second kappa shape index (κ2) is 11.2. The van der Waals surface area contributed by atoms with Gasteiger partial charge in [-0.05, 0) is 35.4 Å². The predicted octanol–water partition coefficient (Wildman–Crippen LogP) is 0.966. The highest BCUT2D eigenvalue weighted by molar-refractivity contribution is 5.45. The number of rotatable bonds is 8. The monoisotopic (exact) mass is 534 g/mol. The molecule has 11 nitrogen and oxygen atoms in total. The van der Waals surface area contributed by atoms with Gasteiger partial charge in [0, 0.05) is 11.8 Å². The summed E-state index contributed by atoms with van der Waals surface area (Å²) in [6, 6.07) is 11.1. The standard InChI is InChI=1S/C27H34O11/c1-32-17-6-4-13(8-19(17)33-2)25-15-11-36-26(16(15)12-35-25)14-5-7-18(20(9-14)34-3)37-27-24(31)23(30)22(29)21(10-28)38-27/h4-9,15-16,21-31H,10-12H2,1-3H3/t15-,16+,21-,22+,23+,24-,25+,26-,27+/m1/s1. The summed E-state index contributed by atoms with van der Waals surface area (Å²) in [5.41, 5.74) is 1.88. The van der Waals surface area contributed by atoms with Crippen LogP contribution in [0, 0.1) is 11.8 Å². The SMILES string of the molecule is COc1ccc([C@@H]2OC[C@H]3[C@H]2CO[C@@H]3c2ccc(O[C@H]3O[C@H](CO)[C@H](O)[C@H](O)[C@H]3O)c(OC)c2)cc1OC. The normalized spacial score (nSPS) is 34.6. The van der Waals surface area contributed by atoms with E-state index in [4.69, 9.17) is 33.2 Å². The number of benzene rings is 2. The molecule has 0 unspecified atom stereocenters. The van der Waals surface area contributed by atoms with Gasteiger partial charge in [-0.15, -0.1) is 0 Å². The van der Waals surface area contributed by atoms with Crippen LogP contribution in [0.15, 0.2) is 36.4 Å². The molecule has 3 fully saturated rings. The topological polar surface area (TPSA) is 146 Å². The van der Waals surface area contributed by atoms with Crippen LogP contribution < -0.4 is 18.9 Å². The Morgan fingerprint density at radius 2 is 1.24 bits per heavy atom. The fourth-order valence-electron chi connectivity index (χ4n) is 5.51. The number of hydrogen-bond donors (Lipinski definition) is 4. The number of ether oxygens (including phenoxy) is 7. The van der Waals surface area contributed by atoms with E-state index in [2.05, 4.69) is 0 Å². The van der Waals surface area contributed by atoms with Crippen molar-refractivity contribution in [1.29, 1.82) is 0 Å². The molecule has 3 saturated heterocycles. The largest absolute Gasteiger partial charge is 0.493 e. The highest BCUT2D eigenvalue weighted by atomic mass is 16.7. The maximum Gasteiger partial charge on any atom is 0.229 e. The van der Waals surface area contributed by atoms with Crippen LogP contribution in [-0.2, 0) is 14.2 Å². The first-order valence-corrected chi connectivity index (χ1v) is 12.5. The van der Waals surface area contributed by atoms with E-state index in [0.29, 0.717) is 30.5 Å². The lowest BCUT2D eigenvalue weighted by Gasteiger charge is -2.39. The summed E-state index contributed by atoms with van der Waals surface area (Å²) in [6.07, 6.45) is -7.29. The number of aliphatic hydroxyl groups is 4. The van der Waals surface area contributed by atoms with Gasteiger partial charge >= 0.3 is 0 Å². The molecule has 0 aromatic heterocycles. The van der Waals surface area contributed by atoms with Gasteiger partial charge < -0.3 is 53.6 Å². The minimum absolute atomic E-state index is 0.120. The van der Waals surface area contributed by atoms with Gasteiger partial charge in [0.15, 0.2) is 23.0 Å². The summed E-state index contributed by atoms with van der Waals surface area (Å²) in [7, 11) is 4.69. The Bertz CT molecular complexity index is 1110. The molecule has 2 aromatic rings. The Balaban J connectivity index is 1.31. The minimum atomic E-state index is -1.54. The fraction of sp³-hybridized carbons (Fsp3) is 0.556. The molecule has 0 bridgehead atoms. The van der Waals surface area contributed by atoms with E-state index in [9.17, 15) is 20.4 Å². The van der Waals surface area contributed by atoms with Crippen molar-refractivity contribution in [3.05, 3.63) is 47.5 Å². The van der Waals surface area contributed by atoms with Gasteiger partial charge in [-0.25, -0.2) is 0 Å². The average Bonchev–Trinajstić information content (AvgIpc) is 3.55. The zero-order valence-electron chi connectivity index (χ0n) is 21.4. The molecule has 0 radical (unpaired) electrons. The van der Waals surface area contributed by atoms with Gasteiger partial charge in [0.05, 0.1) is 53.4 Å². The molecule has 208 valence electrons. The molecule has 11 heteroatoms. The molecule has 38 heavy (non-hydrogen) atoms. The number of aliphatic hydroxyl groups excluding tert-OH is 4. The first kappa shape index (κ1) is 26.9. The third-order valence-electron chi connectivity index (χ3n) is 7.61.